The van der Waals surface area contributed by atoms with Gasteiger partial charge in [-0.2, -0.15) is 0 Å². The fraction of sp³-hybridized carbons (Fsp3) is 0.600. The number of hydrogen-bond acceptors (Lipinski definition) is 0. The van der Waals surface area contributed by atoms with Crippen LogP contribution >= 0.6 is 0 Å². The number of terminal acetylenes is 1. The van der Waals surface area contributed by atoms with Crippen molar-refractivity contribution in [3.63, 3.8) is 0 Å². The van der Waals surface area contributed by atoms with Crippen LogP contribution < -0.4 is 0 Å². The van der Waals surface area contributed by atoms with Gasteiger partial charge in [0.1, 0.15) is 0 Å². The summed E-state index contributed by atoms with van der Waals surface area (Å²) in [5.74, 6) is 2.52. The Morgan fingerprint density at radius 3 is 2.17 bits per heavy atom. The van der Waals surface area contributed by atoms with Crippen molar-refractivity contribution in [2.45, 2.75) is 19.8 Å². The van der Waals surface area contributed by atoms with E-state index in [-0.39, 0.29) is 18.9 Å². The molecule has 0 aliphatic rings. The number of rotatable bonds is 1. The van der Waals surface area contributed by atoms with E-state index in [2.05, 4.69) is 12.8 Å². The van der Waals surface area contributed by atoms with Crippen molar-refractivity contribution in [3.05, 3.63) is 0 Å². The van der Waals surface area contributed by atoms with Gasteiger partial charge in [0.05, 0.1) is 0 Å². The number of unbranched alkanes of at least 4 members (excludes halogenated alkanes) is 1. The quantitative estimate of drug-likeness (QED) is 0.322. The van der Waals surface area contributed by atoms with Crippen LogP contribution in [0.1, 0.15) is 19.8 Å². The van der Waals surface area contributed by atoms with Crippen molar-refractivity contribution in [1.29, 1.82) is 0 Å². The molecule has 0 nitrogen and oxygen atoms in total. The molecule has 0 heterocycles. The van der Waals surface area contributed by atoms with E-state index in [1.54, 1.807) is 0 Å². The molecule has 0 fully saturated rings. The molecule has 0 aliphatic heterocycles. The first-order valence-electron chi connectivity index (χ1n) is 1.85. The molecule has 0 spiro atoms. The van der Waals surface area contributed by atoms with Crippen LogP contribution in [-0.4, -0.2) is 18.9 Å². The summed E-state index contributed by atoms with van der Waals surface area (Å²) in [4.78, 5) is 0. The molecule has 29 valence electrons. The van der Waals surface area contributed by atoms with Crippen molar-refractivity contribution in [1.82, 2.24) is 0 Å². The van der Waals surface area contributed by atoms with Crippen LogP contribution in [0.3, 0.4) is 0 Å². The molecule has 0 rings (SSSR count). The van der Waals surface area contributed by atoms with E-state index in [1.165, 1.54) is 0 Å². The fourth-order valence-electron chi connectivity index (χ4n) is 0.144. The van der Waals surface area contributed by atoms with Gasteiger partial charge in [-0.3, -0.25) is 0 Å². The van der Waals surface area contributed by atoms with Crippen molar-refractivity contribution < 1.29 is 0 Å². The molecule has 6 heavy (non-hydrogen) atoms. The molecule has 0 N–H and O–H groups in total. The van der Waals surface area contributed by atoms with Crippen LogP contribution in [0, 0.1) is 12.3 Å². The second-order valence-electron chi connectivity index (χ2n) is 0.954. The molecule has 0 bridgehead atoms. The van der Waals surface area contributed by atoms with Crippen LogP contribution in [0.2, 0.25) is 0 Å². The van der Waals surface area contributed by atoms with Crippen molar-refractivity contribution in [3.8, 4) is 12.3 Å². The van der Waals surface area contributed by atoms with Gasteiger partial charge in [0.15, 0.2) is 0 Å². The third-order valence-corrected chi connectivity index (χ3v) is 0.394. The second kappa shape index (κ2) is 8.94. The largest absolute Gasteiger partial charge is 0.120 e. The molecule has 0 aromatic heterocycles. The van der Waals surface area contributed by atoms with Crippen LogP contribution in [-0.2, 0) is 0 Å². The standard InChI is InChI=1S/C5H8.Li/c1-3-5-4-2;/h1H,4-5H2,2H3;. The maximum atomic E-state index is 4.89. The minimum Gasteiger partial charge on any atom is -0.120 e. The Balaban J connectivity index is 0. The van der Waals surface area contributed by atoms with Gasteiger partial charge < -0.3 is 0 Å². The molecule has 1 heteroatoms. The van der Waals surface area contributed by atoms with E-state index in [1.807, 2.05) is 0 Å². The molecule has 0 saturated heterocycles. The smallest absolute Gasteiger partial charge is 0.00834 e. The molecule has 1 radical (unpaired) electrons. The third kappa shape index (κ3) is 8.90. The summed E-state index contributed by atoms with van der Waals surface area (Å²) >= 11 is 0. The summed E-state index contributed by atoms with van der Waals surface area (Å²) in [5.41, 5.74) is 0. The van der Waals surface area contributed by atoms with Crippen molar-refractivity contribution in [2.75, 3.05) is 0 Å². The minimum atomic E-state index is 0. The van der Waals surface area contributed by atoms with E-state index in [4.69, 9.17) is 6.42 Å². The van der Waals surface area contributed by atoms with Gasteiger partial charge in [0, 0.05) is 25.3 Å². The van der Waals surface area contributed by atoms with E-state index >= 15 is 0 Å². The predicted molar refractivity (Wildman–Crippen MR) is 29.5 cm³/mol. The van der Waals surface area contributed by atoms with Crippen LogP contribution in [0.5, 0.6) is 0 Å². The first kappa shape index (κ1) is 9.48. The van der Waals surface area contributed by atoms with Gasteiger partial charge in [-0.05, 0) is 6.42 Å². The van der Waals surface area contributed by atoms with Crippen LogP contribution in [0.25, 0.3) is 0 Å². The summed E-state index contributed by atoms with van der Waals surface area (Å²) in [6.45, 7) is 2.07. The fourth-order valence-corrected chi connectivity index (χ4v) is 0.144. The zero-order chi connectivity index (χ0) is 4.12. The Kier molecular flexibility index (Phi) is 14.1. The topological polar surface area (TPSA) is 0 Å². The molecule has 0 saturated carbocycles. The molecule has 0 aromatic rings. The zero-order valence-electron chi connectivity index (χ0n) is 4.49. The van der Waals surface area contributed by atoms with Gasteiger partial charge in [-0.15, -0.1) is 12.3 Å². The zero-order valence-corrected chi connectivity index (χ0v) is 4.49. The Bertz CT molecular complexity index is 42.4. The normalized spacial score (nSPS) is 5.33. The van der Waals surface area contributed by atoms with Gasteiger partial charge in [0.2, 0.25) is 0 Å². The first-order chi connectivity index (χ1) is 2.41. The van der Waals surface area contributed by atoms with E-state index in [9.17, 15) is 0 Å². The molecule has 0 unspecified atom stereocenters. The minimum absolute atomic E-state index is 0. The Labute approximate surface area is 51.5 Å². The summed E-state index contributed by atoms with van der Waals surface area (Å²) in [6.07, 6.45) is 6.91. The third-order valence-electron chi connectivity index (χ3n) is 0.394. The van der Waals surface area contributed by atoms with E-state index in [0.717, 1.165) is 12.8 Å². The molecular weight excluding hydrogens is 67.0 g/mol. The van der Waals surface area contributed by atoms with Gasteiger partial charge in [-0.25, -0.2) is 0 Å². The Hall–Kier alpha value is 0.157. The van der Waals surface area contributed by atoms with Gasteiger partial charge >= 0.3 is 0 Å². The molecule has 0 aromatic carbocycles. The van der Waals surface area contributed by atoms with Gasteiger partial charge in [-0.1, -0.05) is 6.92 Å². The maximum absolute atomic E-state index is 4.89. The Morgan fingerprint density at radius 2 is 2.17 bits per heavy atom. The average Bonchev–Trinajstić information content (AvgIpc) is 1.41. The summed E-state index contributed by atoms with van der Waals surface area (Å²) in [7, 11) is 0. The van der Waals surface area contributed by atoms with Gasteiger partial charge in [0.25, 0.3) is 0 Å². The second-order valence-corrected chi connectivity index (χ2v) is 0.954. The Morgan fingerprint density at radius 1 is 1.67 bits per heavy atom. The molecule has 0 amide bonds. The van der Waals surface area contributed by atoms with Crippen molar-refractivity contribution >= 4 is 18.9 Å². The predicted octanol–water partition coefficient (Wildman–Crippen LogP) is 1.04. The number of hydrogen-bond donors (Lipinski definition) is 0. The van der Waals surface area contributed by atoms with Crippen molar-refractivity contribution in [2.24, 2.45) is 0 Å². The molecular formula is C5H8Li. The molecule has 0 aliphatic carbocycles. The first-order valence-corrected chi connectivity index (χ1v) is 1.85. The maximum Gasteiger partial charge on any atom is 0.00834 e. The SMILES string of the molecule is C#CCCC.[Li]. The van der Waals surface area contributed by atoms with Crippen LogP contribution in [0.15, 0.2) is 0 Å². The molecule has 0 atom stereocenters. The summed E-state index contributed by atoms with van der Waals surface area (Å²) < 4.78 is 0. The van der Waals surface area contributed by atoms with E-state index in [0.29, 0.717) is 0 Å². The average molecular weight is 75.1 g/mol. The summed E-state index contributed by atoms with van der Waals surface area (Å²) in [6, 6.07) is 0. The summed E-state index contributed by atoms with van der Waals surface area (Å²) in [5, 5.41) is 0. The van der Waals surface area contributed by atoms with Crippen LogP contribution in [0.4, 0.5) is 0 Å². The monoisotopic (exact) mass is 75.1 g/mol. The van der Waals surface area contributed by atoms with E-state index < -0.39 is 0 Å².